The molecule has 30 heavy (non-hydrogen) atoms. The lowest BCUT2D eigenvalue weighted by Crippen LogP contribution is -2.54. The van der Waals surface area contributed by atoms with Crippen molar-refractivity contribution in [3.8, 4) is 5.75 Å². The molecular formula is C23H26ClN3O3. The first kappa shape index (κ1) is 20.5. The largest absolute Gasteiger partial charge is 0.497 e. The van der Waals surface area contributed by atoms with E-state index in [-0.39, 0.29) is 23.9 Å². The number of hydrogen-bond acceptors (Lipinski definition) is 3. The van der Waals surface area contributed by atoms with Gasteiger partial charge in [-0.2, -0.15) is 0 Å². The molecule has 2 aromatic rings. The van der Waals surface area contributed by atoms with Gasteiger partial charge in [-0.15, -0.1) is 0 Å². The van der Waals surface area contributed by atoms with Crippen molar-refractivity contribution in [2.24, 2.45) is 5.92 Å². The van der Waals surface area contributed by atoms with E-state index in [9.17, 15) is 9.59 Å². The number of piperidine rings is 1. The van der Waals surface area contributed by atoms with Crippen LogP contribution in [0.15, 0.2) is 48.5 Å². The summed E-state index contributed by atoms with van der Waals surface area (Å²) < 4.78 is 5.25. The van der Waals surface area contributed by atoms with Crippen LogP contribution in [0.1, 0.15) is 30.7 Å². The van der Waals surface area contributed by atoms with Crippen LogP contribution in [0.2, 0.25) is 5.02 Å². The van der Waals surface area contributed by atoms with Crippen molar-refractivity contribution in [1.82, 2.24) is 10.2 Å². The van der Waals surface area contributed by atoms with Gasteiger partial charge in [-0.25, -0.2) is 4.79 Å². The standard InChI is InChI=1S/C23H26ClN3O3/c1-30-19-10-4-16(5-11-19)20-12-22(28)27(13-15-2-3-15)14-21(20)26-23(29)25-18-8-6-17(24)7-9-18/h4-11,15,20-21H,2-3,12-14H2,1H3,(H2,25,26,29). The lowest BCUT2D eigenvalue weighted by Gasteiger charge is -2.39. The molecule has 2 atom stereocenters. The Morgan fingerprint density at radius 1 is 1.13 bits per heavy atom. The van der Waals surface area contributed by atoms with Gasteiger partial charge in [-0.05, 0) is 60.7 Å². The second-order valence-corrected chi connectivity index (χ2v) is 8.47. The Morgan fingerprint density at radius 3 is 2.47 bits per heavy atom. The molecule has 158 valence electrons. The van der Waals surface area contributed by atoms with Crippen LogP contribution in [-0.4, -0.2) is 43.1 Å². The van der Waals surface area contributed by atoms with Gasteiger partial charge in [-0.1, -0.05) is 23.7 Å². The summed E-state index contributed by atoms with van der Waals surface area (Å²) in [5.41, 5.74) is 1.69. The van der Waals surface area contributed by atoms with Gasteiger partial charge >= 0.3 is 6.03 Å². The van der Waals surface area contributed by atoms with E-state index in [2.05, 4.69) is 10.6 Å². The highest BCUT2D eigenvalue weighted by Crippen LogP contribution is 2.34. The highest BCUT2D eigenvalue weighted by molar-refractivity contribution is 6.30. The molecular weight excluding hydrogens is 402 g/mol. The van der Waals surface area contributed by atoms with Crippen LogP contribution >= 0.6 is 11.6 Å². The molecule has 1 heterocycles. The van der Waals surface area contributed by atoms with Crippen LogP contribution in [0.4, 0.5) is 10.5 Å². The number of amides is 3. The monoisotopic (exact) mass is 427 g/mol. The molecule has 1 saturated carbocycles. The third kappa shape index (κ3) is 5.05. The van der Waals surface area contributed by atoms with E-state index in [0.29, 0.717) is 29.6 Å². The number of likely N-dealkylation sites (tertiary alicyclic amines) is 1. The van der Waals surface area contributed by atoms with E-state index in [1.807, 2.05) is 29.2 Å². The number of benzene rings is 2. The maximum atomic E-state index is 12.8. The van der Waals surface area contributed by atoms with Gasteiger partial charge in [0.1, 0.15) is 5.75 Å². The van der Waals surface area contributed by atoms with E-state index < -0.39 is 0 Å². The zero-order chi connectivity index (χ0) is 21.1. The van der Waals surface area contributed by atoms with Crippen molar-refractivity contribution in [2.75, 3.05) is 25.5 Å². The molecule has 1 aliphatic heterocycles. The molecule has 6 nitrogen and oxygen atoms in total. The highest BCUT2D eigenvalue weighted by Gasteiger charge is 2.38. The number of urea groups is 1. The smallest absolute Gasteiger partial charge is 0.319 e. The van der Waals surface area contributed by atoms with E-state index >= 15 is 0 Å². The first-order chi connectivity index (χ1) is 14.5. The molecule has 0 aromatic heterocycles. The van der Waals surface area contributed by atoms with Gasteiger partial charge in [0.25, 0.3) is 0 Å². The molecule has 0 spiro atoms. The molecule has 2 unspecified atom stereocenters. The number of rotatable bonds is 6. The number of ether oxygens (including phenoxy) is 1. The minimum absolute atomic E-state index is 0.0881. The summed E-state index contributed by atoms with van der Waals surface area (Å²) in [7, 11) is 1.63. The summed E-state index contributed by atoms with van der Waals surface area (Å²) >= 11 is 5.91. The van der Waals surface area contributed by atoms with Gasteiger partial charge in [0.2, 0.25) is 5.91 Å². The van der Waals surface area contributed by atoms with Crippen LogP contribution in [-0.2, 0) is 4.79 Å². The van der Waals surface area contributed by atoms with E-state index in [0.717, 1.165) is 17.9 Å². The molecule has 0 radical (unpaired) electrons. The summed E-state index contributed by atoms with van der Waals surface area (Å²) in [6.07, 6.45) is 2.74. The molecule has 1 aliphatic carbocycles. The van der Waals surface area contributed by atoms with Crippen LogP contribution < -0.4 is 15.4 Å². The number of nitrogens with zero attached hydrogens (tertiary/aromatic N) is 1. The summed E-state index contributed by atoms with van der Waals surface area (Å²) in [4.78, 5) is 27.4. The predicted molar refractivity (Wildman–Crippen MR) is 117 cm³/mol. The van der Waals surface area contributed by atoms with Crippen LogP contribution in [0, 0.1) is 5.92 Å². The number of anilines is 1. The third-order valence-electron chi connectivity index (χ3n) is 5.79. The summed E-state index contributed by atoms with van der Waals surface area (Å²) in [5, 5.41) is 6.56. The first-order valence-electron chi connectivity index (χ1n) is 10.3. The fourth-order valence-corrected chi connectivity index (χ4v) is 4.06. The van der Waals surface area contributed by atoms with Gasteiger partial charge in [0.15, 0.2) is 0 Å². The van der Waals surface area contributed by atoms with Crippen molar-refractivity contribution >= 4 is 29.2 Å². The Morgan fingerprint density at radius 2 is 1.83 bits per heavy atom. The van der Waals surface area contributed by atoms with Crippen molar-refractivity contribution in [3.05, 3.63) is 59.1 Å². The maximum absolute atomic E-state index is 12.8. The highest BCUT2D eigenvalue weighted by atomic mass is 35.5. The number of methoxy groups -OCH3 is 1. The van der Waals surface area contributed by atoms with Gasteiger partial charge < -0.3 is 20.3 Å². The van der Waals surface area contributed by atoms with E-state index in [4.69, 9.17) is 16.3 Å². The van der Waals surface area contributed by atoms with Gasteiger partial charge in [0.05, 0.1) is 13.2 Å². The third-order valence-corrected chi connectivity index (χ3v) is 6.04. The molecule has 4 rings (SSSR count). The first-order valence-corrected chi connectivity index (χ1v) is 10.6. The SMILES string of the molecule is COc1ccc(C2CC(=O)N(CC3CC3)CC2NC(=O)Nc2ccc(Cl)cc2)cc1. The second kappa shape index (κ2) is 8.96. The molecule has 3 amide bonds. The number of halogens is 1. The summed E-state index contributed by atoms with van der Waals surface area (Å²) in [6.45, 7) is 1.30. The van der Waals surface area contributed by atoms with Crippen LogP contribution in [0.3, 0.4) is 0 Å². The second-order valence-electron chi connectivity index (χ2n) is 8.04. The molecule has 2 aromatic carbocycles. The fourth-order valence-electron chi connectivity index (χ4n) is 3.93. The van der Waals surface area contributed by atoms with Crippen LogP contribution in [0.5, 0.6) is 5.75 Å². The summed E-state index contributed by atoms with van der Waals surface area (Å²) in [5.74, 6) is 1.44. The minimum Gasteiger partial charge on any atom is -0.497 e. The average molecular weight is 428 g/mol. The van der Waals surface area contributed by atoms with Crippen LogP contribution in [0.25, 0.3) is 0 Å². The van der Waals surface area contributed by atoms with Gasteiger partial charge in [0, 0.05) is 36.1 Å². The molecule has 2 N–H and O–H groups in total. The number of hydrogen-bond donors (Lipinski definition) is 2. The molecule has 7 heteroatoms. The number of carbonyl (C=O) groups excluding carboxylic acids is 2. The zero-order valence-electron chi connectivity index (χ0n) is 16.9. The number of nitrogens with one attached hydrogen (secondary N) is 2. The lowest BCUT2D eigenvalue weighted by atomic mass is 9.84. The quantitative estimate of drug-likeness (QED) is 0.723. The Hall–Kier alpha value is -2.73. The van der Waals surface area contributed by atoms with Crippen molar-refractivity contribution in [1.29, 1.82) is 0 Å². The zero-order valence-corrected chi connectivity index (χ0v) is 17.7. The summed E-state index contributed by atoms with van der Waals surface area (Å²) in [6, 6.07) is 14.2. The Labute approximate surface area is 181 Å². The van der Waals surface area contributed by atoms with Crippen molar-refractivity contribution < 1.29 is 14.3 Å². The molecule has 1 saturated heterocycles. The van der Waals surface area contributed by atoms with E-state index in [1.54, 1.807) is 31.4 Å². The molecule has 2 fully saturated rings. The Bertz CT molecular complexity index is 897. The minimum atomic E-state index is -0.290. The average Bonchev–Trinajstić information content (AvgIpc) is 3.56. The number of carbonyl (C=O) groups is 2. The normalized spacial score (nSPS) is 21.3. The molecule has 0 bridgehead atoms. The lowest BCUT2D eigenvalue weighted by molar-refractivity contribution is -0.135. The van der Waals surface area contributed by atoms with E-state index in [1.165, 1.54) is 12.8 Å². The maximum Gasteiger partial charge on any atom is 0.319 e. The topological polar surface area (TPSA) is 70.7 Å². The van der Waals surface area contributed by atoms with Crippen molar-refractivity contribution in [2.45, 2.75) is 31.2 Å². The fraction of sp³-hybridized carbons (Fsp3) is 0.391. The Balaban J connectivity index is 1.49. The molecule has 2 aliphatic rings. The van der Waals surface area contributed by atoms with Gasteiger partial charge in [-0.3, -0.25) is 4.79 Å². The predicted octanol–water partition coefficient (Wildman–Crippen LogP) is 4.26. The van der Waals surface area contributed by atoms with Crippen molar-refractivity contribution in [3.63, 3.8) is 0 Å². The Kier molecular flexibility index (Phi) is 6.13.